The van der Waals surface area contributed by atoms with E-state index in [0.717, 1.165) is 16.8 Å². The van der Waals surface area contributed by atoms with Crippen molar-refractivity contribution < 1.29 is 18.3 Å². The summed E-state index contributed by atoms with van der Waals surface area (Å²) in [6.07, 6.45) is 1.45. The number of aromatic carboxylic acids is 1. The van der Waals surface area contributed by atoms with Gasteiger partial charge in [-0.15, -0.1) is 11.8 Å². The van der Waals surface area contributed by atoms with Crippen LogP contribution in [0.15, 0.2) is 64.6 Å². The van der Waals surface area contributed by atoms with Crippen molar-refractivity contribution in [3.63, 3.8) is 0 Å². The number of aromatic nitrogens is 1. The number of nitrogens with zero attached hydrogens (tertiary/aromatic N) is 1. The summed E-state index contributed by atoms with van der Waals surface area (Å²) >= 11 is 1.56. The number of benzene rings is 2. The zero-order valence-corrected chi connectivity index (χ0v) is 18.5. The molecule has 0 aliphatic heterocycles. The normalized spacial score (nSPS) is 11.3. The monoisotopic (exact) mass is 442 g/mol. The standard InChI is InChI=1S/C22H22N2O4S2/c1-14-4-6-17(10-16(14)3)13-29-21-9-7-18(12-23-21)24-30(27,28)19-8-5-15(2)20(11-19)22(25)26/h4-12,24H,13H2,1-3H3,(H,25,26). The molecule has 0 radical (unpaired) electrons. The van der Waals surface area contributed by atoms with Crippen molar-refractivity contribution in [2.24, 2.45) is 0 Å². The Morgan fingerprint density at radius 1 is 1.00 bits per heavy atom. The first-order valence-corrected chi connectivity index (χ1v) is 11.6. The van der Waals surface area contributed by atoms with Crippen LogP contribution < -0.4 is 4.72 Å². The molecule has 1 heterocycles. The molecule has 3 aromatic rings. The van der Waals surface area contributed by atoms with Crippen molar-refractivity contribution in [3.8, 4) is 0 Å². The molecule has 2 N–H and O–H groups in total. The molecule has 3 rings (SSSR count). The van der Waals surface area contributed by atoms with E-state index in [1.165, 1.54) is 35.0 Å². The van der Waals surface area contributed by atoms with Crippen LogP contribution in [0.5, 0.6) is 0 Å². The van der Waals surface area contributed by atoms with Gasteiger partial charge in [-0.05, 0) is 67.3 Å². The molecule has 2 aromatic carbocycles. The van der Waals surface area contributed by atoms with E-state index in [9.17, 15) is 18.3 Å². The lowest BCUT2D eigenvalue weighted by molar-refractivity contribution is 0.0696. The topological polar surface area (TPSA) is 96.4 Å². The van der Waals surface area contributed by atoms with Gasteiger partial charge >= 0.3 is 5.97 Å². The Morgan fingerprint density at radius 3 is 2.37 bits per heavy atom. The minimum Gasteiger partial charge on any atom is -0.478 e. The van der Waals surface area contributed by atoms with E-state index in [-0.39, 0.29) is 10.5 Å². The second-order valence-electron chi connectivity index (χ2n) is 6.98. The van der Waals surface area contributed by atoms with Crippen LogP contribution in [0.2, 0.25) is 0 Å². The van der Waals surface area contributed by atoms with E-state index >= 15 is 0 Å². The van der Waals surface area contributed by atoms with Gasteiger partial charge < -0.3 is 5.11 Å². The molecule has 6 nitrogen and oxygen atoms in total. The van der Waals surface area contributed by atoms with Gasteiger partial charge in [0.15, 0.2) is 0 Å². The highest BCUT2D eigenvalue weighted by Crippen LogP contribution is 2.24. The Hall–Kier alpha value is -2.84. The summed E-state index contributed by atoms with van der Waals surface area (Å²) < 4.78 is 27.7. The summed E-state index contributed by atoms with van der Waals surface area (Å²) in [6, 6.07) is 13.7. The fraction of sp³-hybridized carbons (Fsp3) is 0.182. The molecular weight excluding hydrogens is 420 g/mol. The molecule has 30 heavy (non-hydrogen) atoms. The first-order chi connectivity index (χ1) is 14.2. The Kier molecular flexibility index (Phi) is 6.48. The quantitative estimate of drug-likeness (QED) is 0.510. The van der Waals surface area contributed by atoms with Gasteiger partial charge in [-0.1, -0.05) is 24.3 Å². The fourth-order valence-corrected chi connectivity index (χ4v) is 4.64. The van der Waals surface area contributed by atoms with Gasteiger partial charge in [0.1, 0.15) is 0 Å². The van der Waals surface area contributed by atoms with E-state index < -0.39 is 16.0 Å². The number of nitrogens with one attached hydrogen (secondary N) is 1. The highest BCUT2D eigenvalue weighted by Gasteiger charge is 2.18. The molecule has 0 saturated heterocycles. The highest BCUT2D eigenvalue weighted by atomic mass is 32.2. The number of carbonyl (C=O) groups is 1. The van der Waals surface area contributed by atoms with Crippen molar-refractivity contribution in [2.75, 3.05) is 4.72 Å². The fourth-order valence-electron chi connectivity index (χ4n) is 2.79. The lowest BCUT2D eigenvalue weighted by Crippen LogP contribution is -2.14. The lowest BCUT2D eigenvalue weighted by atomic mass is 10.1. The van der Waals surface area contributed by atoms with E-state index in [4.69, 9.17) is 0 Å². The van der Waals surface area contributed by atoms with Crippen LogP contribution in [-0.4, -0.2) is 24.5 Å². The van der Waals surface area contributed by atoms with Gasteiger partial charge in [-0.3, -0.25) is 4.72 Å². The van der Waals surface area contributed by atoms with Gasteiger partial charge in [0, 0.05) is 5.75 Å². The van der Waals surface area contributed by atoms with Crippen LogP contribution >= 0.6 is 11.8 Å². The predicted molar refractivity (Wildman–Crippen MR) is 119 cm³/mol. The summed E-state index contributed by atoms with van der Waals surface area (Å²) in [7, 11) is -3.92. The Labute approximate surface area is 180 Å². The highest BCUT2D eigenvalue weighted by molar-refractivity contribution is 7.98. The average Bonchev–Trinajstić information content (AvgIpc) is 2.69. The zero-order valence-electron chi connectivity index (χ0n) is 16.8. The Morgan fingerprint density at radius 2 is 1.73 bits per heavy atom. The molecule has 0 aliphatic rings. The first kappa shape index (κ1) is 21.9. The molecule has 8 heteroatoms. The van der Waals surface area contributed by atoms with Crippen LogP contribution in [0.25, 0.3) is 0 Å². The number of hydrogen-bond acceptors (Lipinski definition) is 5. The molecule has 0 amide bonds. The minimum absolute atomic E-state index is 0.0471. The third-order valence-corrected chi connectivity index (χ3v) is 7.09. The number of sulfonamides is 1. The predicted octanol–water partition coefficient (Wildman–Crippen LogP) is 4.80. The smallest absolute Gasteiger partial charge is 0.335 e. The van der Waals surface area contributed by atoms with Crippen LogP contribution in [0.4, 0.5) is 5.69 Å². The first-order valence-electron chi connectivity index (χ1n) is 9.17. The zero-order chi connectivity index (χ0) is 21.9. The van der Waals surface area contributed by atoms with Gasteiger partial charge in [0.2, 0.25) is 0 Å². The largest absolute Gasteiger partial charge is 0.478 e. The Bertz CT molecular complexity index is 1190. The molecule has 0 saturated carbocycles. The molecule has 1 aromatic heterocycles. The molecule has 0 bridgehead atoms. The molecule has 0 aliphatic carbocycles. The van der Waals surface area contributed by atoms with E-state index in [1.807, 2.05) is 0 Å². The van der Waals surface area contributed by atoms with Crippen LogP contribution in [0, 0.1) is 20.8 Å². The second kappa shape index (κ2) is 8.89. The summed E-state index contributed by atoms with van der Waals surface area (Å²) in [5, 5.41) is 9.99. The number of pyridine rings is 1. The number of hydrogen-bond donors (Lipinski definition) is 2. The van der Waals surface area contributed by atoms with Gasteiger partial charge in [-0.25, -0.2) is 18.2 Å². The van der Waals surface area contributed by atoms with Crippen molar-refractivity contribution in [1.82, 2.24) is 4.98 Å². The number of aryl methyl sites for hydroxylation is 3. The summed E-state index contributed by atoms with van der Waals surface area (Å²) in [4.78, 5) is 15.5. The van der Waals surface area contributed by atoms with Crippen LogP contribution in [0.3, 0.4) is 0 Å². The van der Waals surface area contributed by atoms with Crippen molar-refractivity contribution in [2.45, 2.75) is 36.4 Å². The molecule has 0 fully saturated rings. The summed E-state index contributed by atoms with van der Waals surface area (Å²) in [6.45, 7) is 5.77. The van der Waals surface area contributed by atoms with Crippen LogP contribution in [0.1, 0.15) is 32.6 Å². The molecule has 0 spiro atoms. The summed E-state index contributed by atoms with van der Waals surface area (Å²) in [5.41, 5.74) is 4.45. The number of rotatable bonds is 7. The van der Waals surface area contributed by atoms with E-state index in [1.54, 1.807) is 30.8 Å². The molecule has 0 unspecified atom stereocenters. The third kappa shape index (κ3) is 5.20. The maximum atomic E-state index is 12.6. The van der Waals surface area contributed by atoms with Gasteiger partial charge in [0.05, 0.1) is 27.4 Å². The van der Waals surface area contributed by atoms with E-state index in [0.29, 0.717) is 11.3 Å². The van der Waals surface area contributed by atoms with Crippen molar-refractivity contribution >= 4 is 33.4 Å². The summed E-state index contributed by atoms with van der Waals surface area (Å²) in [5.74, 6) is -0.406. The number of anilines is 1. The van der Waals surface area contributed by atoms with Crippen molar-refractivity contribution in [3.05, 3.63) is 82.5 Å². The SMILES string of the molecule is Cc1ccc(CSc2ccc(NS(=O)(=O)c3ccc(C)c(C(=O)O)c3)cn2)cc1C. The number of thioether (sulfide) groups is 1. The average molecular weight is 443 g/mol. The third-order valence-electron chi connectivity index (χ3n) is 4.70. The van der Waals surface area contributed by atoms with Crippen LogP contribution in [-0.2, 0) is 15.8 Å². The molecule has 156 valence electrons. The maximum absolute atomic E-state index is 12.6. The second-order valence-corrected chi connectivity index (χ2v) is 9.66. The Balaban J connectivity index is 1.69. The van der Waals surface area contributed by atoms with Gasteiger partial charge in [-0.2, -0.15) is 0 Å². The molecule has 0 atom stereocenters. The maximum Gasteiger partial charge on any atom is 0.335 e. The van der Waals surface area contributed by atoms with Crippen molar-refractivity contribution in [1.29, 1.82) is 0 Å². The minimum atomic E-state index is -3.92. The molecular formula is C22H22N2O4S2. The van der Waals surface area contributed by atoms with E-state index in [2.05, 4.69) is 41.8 Å². The van der Waals surface area contributed by atoms with Gasteiger partial charge in [0.25, 0.3) is 10.0 Å². The number of carboxylic acids is 1. The number of carboxylic acid groups (broad SMARTS) is 1. The lowest BCUT2D eigenvalue weighted by Gasteiger charge is -2.10.